The Hall–Kier alpha value is -4.68. The zero-order valence-corrected chi connectivity index (χ0v) is 20.0. The number of hydrogen-bond donors (Lipinski definition) is 3. The third-order valence-electron chi connectivity index (χ3n) is 5.76. The monoisotopic (exact) mass is 508 g/mol. The number of para-hydroxylation sites is 2. The Bertz CT molecular complexity index is 1320. The van der Waals surface area contributed by atoms with Crippen molar-refractivity contribution in [2.24, 2.45) is 0 Å². The van der Waals surface area contributed by atoms with Crippen molar-refractivity contribution in [2.75, 3.05) is 60.2 Å². The molecule has 12 nitrogen and oxygen atoms in total. The van der Waals surface area contributed by atoms with Crippen LogP contribution in [0.4, 0.5) is 44.0 Å². The Balaban J connectivity index is 1.30. The maximum absolute atomic E-state index is 14.5. The van der Waals surface area contributed by atoms with Crippen molar-refractivity contribution in [2.45, 2.75) is 6.92 Å². The van der Waals surface area contributed by atoms with Gasteiger partial charge >= 0.3 is 6.09 Å². The number of piperazine rings is 1. The van der Waals surface area contributed by atoms with Crippen LogP contribution in [-0.4, -0.2) is 71.2 Å². The van der Waals surface area contributed by atoms with Gasteiger partial charge < -0.3 is 35.2 Å². The van der Waals surface area contributed by atoms with Crippen LogP contribution in [0.2, 0.25) is 0 Å². The van der Waals surface area contributed by atoms with E-state index in [4.69, 9.17) is 9.47 Å². The first-order chi connectivity index (χ1) is 18.0. The minimum atomic E-state index is -0.672. The van der Waals surface area contributed by atoms with Gasteiger partial charge in [0.2, 0.25) is 5.95 Å². The van der Waals surface area contributed by atoms with E-state index in [1.54, 1.807) is 24.0 Å². The minimum Gasteiger partial charge on any atom is -0.480 e. The molecule has 2 aliphatic heterocycles. The Kier molecular flexibility index (Phi) is 6.83. The number of anilines is 6. The topological polar surface area (TPSA) is 134 Å². The van der Waals surface area contributed by atoms with Gasteiger partial charge in [-0.25, -0.2) is 19.2 Å². The van der Waals surface area contributed by atoms with Gasteiger partial charge in [0.1, 0.15) is 5.82 Å². The van der Waals surface area contributed by atoms with Crippen LogP contribution in [0, 0.1) is 5.82 Å². The van der Waals surface area contributed by atoms with Crippen LogP contribution in [-0.2, 0) is 9.53 Å². The summed E-state index contributed by atoms with van der Waals surface area (Å²) in [5.74, 6) is 0.0329. The van der Waals surface area contributed by atoms with E-state index in [1.165, 1.54) is 0 Å². The number of carbonyl (C=O) groups excluding carboxylic acids is 2. The number of aromatic nitrogens is 3. The van der Waals surface area contributed by atoms with Crippen molar-refractivity contribution in [3.63, 3.8) is 0 Å². The van der Waals surface area contributed by atoms with E-state index in [1.807, 2.05) is 24.3 Å². The molecule has 0 saturated carbocycles. The van der Waals surface area contributed by atoms with E-state index in [0.717, 1.165) is 17.6 Å². The average Bonchev–Trinajstić information content (AvgIpc) is 2.91. The minimum absolute atomic E-state index is 0.0838. The van der Waals surface area contributed by atoms with Crippen molar-refractivity contribution in [3.8, 4) is 5.75 Å². The standard InChI is InChI=1S/C24H25FN8O4/c1-2-36-24(35)33-11-9-32(10-12-33)17-6-4-3-5-16(17)27-23-26-13-15(25)21(31-23)28-19-8-7-18-22(29-19)30-20(34)14-37-18/h3-8,13H,2,9-12,14H2,1H3,(H3,26,27,28,29,30,31,34). The molecule has 0 radical (unpaired) electrons. The third kappa shape index (κ3) is 5.44. The molecule has 3 N–H and O–H groups in total. The smallest absolute Gasteiger partial charge is 0.409 e. The van der Waals surface area contributed by atoms with Crippen LogP contribution in [0.25, 0.3) is 0 Å². The zero-order chi connectivity index (χ0) is 25.8. The second-order valence-electron chi connectivity index (χ2n) is 8.21. The van der Waals surface area contributed by atoms with E-state index < -0.39 is 5.82 Å². The van der Waals surface area contributed by atoms with Crippen molar-refractivity contribution in [1.29, 1.82) is 0 Å². The molecule has 0 unspecified atom stereocenters. The van der Waals surface area contributed by atoms with Gasteiger partial charge in [0.05, 0.1) is 24.2 Å². The maximum Gasteiger partial charge on any atom is 0.409 e. The molecule has 3 aromatic rings. The van der Waals surface area contributed by atoms with Gasteiger partial charge in [-0.2, -0.15) is 4.98 Å². The number of pyridine rings is 1. The SMILES string of the molecule is CCOC(=O)N1CCN(c2ccccc2Nc2ncc(F)c(Nc3ccc4c(n3)NC(=O)CO4)n2)CC1. The van der Waals surface area contributed by atoms with Gasteiger partial charge in [-0.15, -0.1) is 0 Å². The molecule has 37 heavy (non-hydrogen) atoms. The first-order valence-corrected chi connectivity index (χ1v) is 11.8. The predicted octanol–water partition coefficient (Wildman–Crippen LogP) is 3.11. The first-order valence-electron chi connectivity index (χ1n) is 11.8. The van der Waals surface area contributed by atoms with Crippen LogP contribution in [0.1, 0.15) is 6.92 Å². The average molecular weight is 509 g/mol. The lowest BCUT2D eigenvalue weighted by molar-refractivity contribution is -0.118. The fourth-order valence-corrected chi connectivity index (χ4v) is 3.99. The molecule has 1 saturated heterocycles. The van der Waals surface area contributed by atoms with E-state index in [2.05, 4.69) is 35.8 Å². The Morgan fingerprint density at radius 2 is 1.95 bits per heavy atom. The number of hydrogen-bond acceptors (Lipinski definition) is 10. The molecule has 0 spiro atoms. The lowest BCUT2D eigenvalue weighted by Crippen LogP contribution is -2.49. The van der Waals surface area contributed by atoms with Gasteiger partial charge in [-0.1, -0.05) is 12.1 Å². The molecular weight excluding hydrogens is 483 g/mol. The van der Waals surface area contributed by atoms with E-state index in [-0.39, 0.29) is 42.0 Å². The normalized spacial score (nSPS) is 14.8. The summed E-state index contributed by atoms with van der Waals surface area (Å²) in [5, 5.41) is 8.59. The highest BCUT2D eigenvalue weighted by Gasteiger charge is 2.24. The molecule has 192 valence electrons. The number of nitrogens with zero attached hydrogens (tertiary/aromatic N) is 5. The Morgan fingerprint density at radius 3 is 2.76 bits per heavy atom. The molecule has 2 amide bonds. The van der Waals surface area contributed by atoms with E-state index in [0.29, 0.717) is 38.5 Å². The van der Waals surface area contributed by atoms with Crippen LogP contribution >= 0.6 is 0 Å². The number of fused-ring (bicyclic) bond motifs is 1. The molecule has 5 rings (SSSR count). The summed E-state index contributed by atoms with van der Waals surface area (Å²) >= 11 is 0. The summed E-state index contributed by atoms with van der Waals surface area (Å²) < 4.78 is 24.9. The lowest BCUT2D eigenvalue weighted by atomic mass is 10.2. The van der Waals surface area contributed by atoms with Crippen LogP contribution in [0.3, 0.4) is 0 Å². The quantitative estimate of drug-likeness (QED) is 0.456. The molecular formula is C24H25FN8O4. The molecule has 2 aromatic heterocycles. The highest BCUT2D eigenvalue weighted by molar-refractivity contribution is 5.94. The maximum atomic E-state index is 14.5. The van der Waals surface area contributed by atoms with E-state index in [9.17, 15) is 14.0 Å². The zero-order valence-electron chi connectivity index (χ0n) is 20.0. The summed E-state index contributed by atoms with van der Waals surface area (Å²) in [5.41, 5.74) is 1.64. The third-order valence-corrected chi connectivity index (χ3v) is 5.76. The summed E-state index contributed by atoms with van der Waals surface area (Å²) in [6.45, 7) is 4.36. The van der Waals surface area contributed by atoms with Crippen LogP contribution in [0.15, 0.2) is 42.6 Å². The number of nitrogens with one attached hydrogen (secondary N) is 3. The first kappa shape index (κ1) is 24.0. The number of halogens is 1. The van der Waals surface area contributed by atoms with Gasteiger partial charge in [0.15, 0.2) is 29.8 Å². The number of rotatable bonds is 6. The molecule has 0 aliphatic carbocycles. The summed E-state index contributed by atoms with van der Waals surface area (Å²) in [7, 11) is 0. The lowest BCUT2D eigenvalue weighted by Gasteiger charge is -2.36. The molecule has 0 bridgehead atoms. The van der Waals surface area contributed by atoms with Crippen molar-refractivity contribution in [1.82, 2.24) is 19.9 Å². The molecule has 0 atom stereocenters. The second kappa shape index (κ2) is 10.5. The number of ether oxygens (including phenoxy) is 2. The molecule has 1 fully saturated rings. The fourth-order valence-electron chi connectivity index (χ4n) is 3.99. The number of benzene rings is 1. The van der Waals surface area contributed by atoms with Crippen molar-refractivity contribution < 1.29 is 23.5 Å². The van der Waals surface area contributed by atoms with Gasteiger partial charge in [0, 0.05) is 26.2 Å². The van der Waals surface area contributed by atoms with Gasteiger partial charge in [-0.3, -0.25) is 4.79 Å². The summed E-state index contributed by atoms with van der Waals surface area (Å²) in [6, 6.07) is 10.8. The second-order valence-corrected chi connectivity index (χ2v) is 8.21. The molecule has 2 aliphatic rings. The van der Waals surface area contributed by atoms with Gasteiger partial charge in [-0.05, 0) is 31.2 Å². The van der Waals surface area contributed by atoms with E-state index >= 15 is 0 Å². The number of amides is 2. The Labute approximate surface area is 211 Å². The van der Waals surface area contributed by atoms with Gasteiger partial charge in [0.25, 0.3) is 5.91 Å². The molecule has 1 aromatic carbocycles. The Morgan fingerprint density at radius 1 is 1.14 bits per heavy atom. The van der Waals surface area contributed by atoms with Crippen molar-refractivity contribution >= 4 is 46.8 Å². The highest BCUT2D eigenvalue weighted by Crippen LogP contribution is 2.31. The van der Waals surface area contributed by atoms with Crippen LogP contribution < -0.4 is 25.6 Å². The largest absolute Gasteiger partial charge is 0.480 e. The summed E-state index contributed by atoms with van der Waals surface area (Å²) in [6.07, 6.45) is 0.749. The highest BCUT2D eigenvalue weighted by atomic mass is 19.1. The molecule has 13 heteroatoms. The fraction of sp³-hybridized carbons (Fsp3) is 0.292. The predicted molar refractivity (Wildman–Crippen MR) is 134 cm³/mol. The van der Waals surface area contributed by atoms with Crippen LogP contribution in [0.5, 0.6) is 5.75 Å². The van der Waals surface area contributed by atoms with Crippen molar-refractivity contribution in [3.05, 3.63) is 48.4 Å². The number of carbonyl (C=O) groups is 2. The summed E-state index contributed by atoms with van der Waals surface area (Å²) in [4.78, 5) is 40.0. The molecule has 4 heterocycles.